The molecule has 8 heteroatoms. The molecule has 0 aliphatic carbocycles. The predicted octanol–water partition coefficient (Wildman–Crippen LogP) is 4.42. The lowest BCUT2D eigenvalue weighted by molar-refractivity contribution is -0.155. The summed E-state index contributed by atoms with van der Waals surface area (Å²) in [6, 6.07) is 9.81. The standard InChI is InChI=1S/C27H36ClN3O4/c1-6-15-35-22-12-7-19(16-29-22)24(32)30-23(18(2)3)25(33)31-14-13-27(34,26(4,5)17-31)20-8-10-21(28)11-9-20/h7-12,16,18,23,34H,6,13-15,17H2,1-5H3,(H,30,32)/t23-,27+/m1/s1. The number of carbonyl (C=O) groups is 2. The van der Waals surface area contributed by atoms with Gasteiger partial charge in [0.05, 0.1) is 17.8 Å². The zero-order valence-electron chi connectivity index (χ0n) is 21.2. The number of likely N-dealkylation sites (tertiary alicyclic amines) is 1. The third kappa shape index (κ3) is 5.96. The van der Waals surface area contributed by atoms with Crippen molar-refractivity contribution in [3.05, 3.63) is 58.7 Å². The maximum Gasteiger partial charge on any atom is 0.253 e. The molecule has 190 valence electrons. The summed E-state index contributed by atoms with van der Waals surface area (Å²) in [5, 5.41) is 15.1. The SMILES string of the molecule is CCCOc1ccc(C(=O)N[C@@H](C(=O)N2CC[C@](O)(c3ccc(Cl)cc3)C(C)(C)C2)C(C)C)cn1. The van der Waals surface area contributed by atoms with Gasteiger partial charge < -0.3 is 20.1 Å². The maximum absolute atomic E-state index is 13.5. The number of benzene rings is 1. The molecule has 35 heavy (non-hydrogen) atoms. The van der Waals surface area contributed by atoms with E-state index in [1.165, 1.54) is 6.20 Å². The van der Waals surface area contributed by atoms with Crippen LogP contribution < -0.4 is 10.1 Å². The fourth-order valence-electron chi connectivity index (χ4n) is 4.51. The molecule has 2 heterocycles. The summed E-state index contributed by atoms with van der Waals surface area (Å²) in [6.07, 6.45) is 2.71. The second kappa shape index (κ2) is 11.0. The Balaban J connectivity index is 1.71. The third-order valence-electron chi connectivity index (χ3n) is 6.75. The highest BCUT2D eigenvalue weighted by Crippen LogP contribution is 2.46. The largest absolute Gasteiger partial charge is 0.478 e. The Kier molecular flexibility index (Phi) is 8.44. The average molecular weight is 502 g/mol. The first-order chi connectivity index (χ1) is 16.5. The van der Waals surface area contributed by atoms with Gasteiger partial charge in [0.25, 0.3) is 5.91 Å². The van der Waals surface area contributed by atoms with Crippen molar-refractivity contribution in [1.29, 1.82) is 0 Å². The second-order valence-corrected chi connectivity index (χ2v) is 10.6. The van der Waals surface area contributed by atoms with Crippen molar-refractivity contribution in [3.8, 4) is 5.88 Å². The maximum atomic E-state index is 13.5. The summed E-state index contributed by atoms with van der Waals surface area (Å²) in [5.41, 5.74) is -0.563. The highest BCUT2D eigenvalue weighted by molar-refractivity contribution is 6.30. The van der Waals surface area contributed by atoms with E-state index in [9.17, 15) is 14.7 Å². The lowest BCUT2D eigenvalue weighted by Crippen LogP contribution is -2.60. The minimum absolute atomic E-state index is 0.119. The number of amides is 2. The van der Waals surface area contributed by atoms with Gasteiger partial charge in [-0.2, -0.15) is 0 Å². The zero-order chi connectivity index (χ0) is 25.8. The molecular formula is C27H36ClN3O4. The molecule has 0 spiro atoms. The number of piperidine rings is 1. The Morgan fingerprint density at radius 1 is 1.20 bits per heavy atom. The van der Waals surface area contributed by atoms with Crippen molar-refractivity contribution in [2.45, 2.75) is 59.1 Å². The quantitative estimate of drug-likeness (QED) is 0.558. The average Bonchev–Trinajstić information content (AvgIpc) is 2.82. The van der Waals surface area contributed by atoms with Crippen molar-refractivity contribution < 1.29 is 19.4 Å². The summed E-state index contributed by atoms with van der Waals surface area (Å²) < 4.78 is 5.47. The molecule has 0 unspecified atom stereocenters. The van der Waals surface area contributed by atoms with Crippen LogP contribution in [-0.4, -0.2) is 52.5 Å². The number of hydrogen-bond acceptors (Lipinski definition) is 5. The summed E-state index contributed by atoms with van der Waals surface area (Å²) in [4.78, 5) is 32.4. The Morgan fingerprint density at radius 2 is 1.89 bits per heavy atom. The Morgan fingerprint density at radius 3 is 2.43 bits per heavy atom. The summed E-state index contributed by atoms with van der Waals surface area (Å²) >= 11 is 6.03. The van der Waals surface area contributed by atoms with Crippen LogP contribution in [0.4, 0.5) is 0 Å². The molecule has 1 aliphatic heterocycles. The van der Waals surface area contributed by atoms with E-state index in [2.05, 4.69) is 10.3 Å². The number of pyridine rings is 1. The molecule has 1 aliphatic rings. The first-order valence-corrected chi connectivity index (χ1v) is 12.5. The fourth-order valence-corrected chi connectivity index (χ4v) is 4.64. The topological polar surface area (TPSA) is 91.8 Å². The minimum Gasteiger partial charge on any atom is -0.478 e. The highest BCUT2D eigenvalue weighted by Gasteiger charge is 2.50. The third-order valence-corrected chi connectivity index (χ3v) is 7.01. The number of hydrogen-bond donors (Lipinski definition) is 2. The Hall–Kier alpha value is -2.64. The molecule has 2 amide bonds. The number of aliphatic hydroxyl groups is 1. The van der Waals surface area contributed by atoms with Crippen molar-refractivity contribution in [3.63, 3.8) is 0 Å². The minimum atomic E-state index is -1.10. The van der Waals surface area contributed by atoms with Gasteiger partial charge >= 0.3 is 0 Å². The molecular weight excluding hydrogens is 466 g/mol. The summed E-state index contributed by atoms with van der Waals surface area (Å²) in [7, 11) is 0. The molecule has 2 aromatic rings. The molecule has 1 fully saturated rings. The molecule has 0 radical (unpaired) electrons. The van der Waals surface area contributed by atoms with Gasteiger partial charge in [-0.3, -0.25) is 9.59 Å². The molecule has 2 N–H and O–H groups in total. The normalized spacial score (nSPS) is 20.4. The van der Waals surface area contributed by atoms with Gasteiger partial charge in [0, 0.05) is 35.8 Å². The number of ether oxygens (including phenoxy) is 1. The van der Waals surface area contributed by atoms with Crippen molar-refractivity contribution in [1.82, 2.24) is 15.2 Å². The number of nitrogens with zero attached hydrogens (tertiary/aromatic N) is 2. The first-order valence-electron chi connectivity index (χ1n) is 12.2. The first kappa shape index (κ1) is 27.0. The van der Waals surface area contributed by atoms with Crippen molar-refractivity contribution >= 4 is 23.4 Å². The molecule has 3 rings (SSSR count). The van der Waals surface area contributed by atoms with Crippen LogP contribution in [0.15, 0.2) is 42.6 Å². The van der Waals surface area contributed by atoms with Gasteiger partial charge in [-0.05, 0) is 42.5 Å². The van der Waals surface area contributed by atoms with E-state index < -0.39 is 17.1 Å². The smallest absolute Gasteiger partial charge is 0.253 e. The van der Waals surface area contributed by atoms with E-state index in [0.717, 1.165) is 12.0 Å². The highest BCUT2D eigenvalue weighted by atomic mass is 35.5. The van der Waals surface area contributed by atoms with Gasteiger partial charge in [-0.15, -0.1) is 0 Å². The Bertz CT molecular complexity index is 1020. The Labute approximate surface area is 212 Å². The molecule has 2 atom stereocenters. The van der Waals surface area contributed by atoms with E-state index in [0.29, 0.717) is 42.6 Å². The van der Waals surface area contributed by atoms with Crippen molar-refractivity contribution in [2.24, 2.45) is 11.3 Å². The van der Waals surface area contributed by atoms with Crippen LogP contribution in [0.2, 0.25) is 5.02 Å². The van der Waals surface area contributed by atoms with Crippen LogP contribution in [0, 0.1) is 11.3 Å². The van der Waals surface area contributed by atoms with Crippen LogP contribution >= 0.6 is 11.6 Å². The second-order valence-electron chi connectivity index (χ2n) is 10.2. The zero-order valence-corrected chi connectivity index (χ0v) is 21.9. The molecule has 1 aromatic carbocycles. The fraction of sp³-hybridized carbons (Fsp3) is 0.519. The van der Waals surface area contributed by atoms with E-state index in [-0.39, 0.29) is 17.7 Å². The van der Waals surface area contributed by atoms with E-state index in [1.54, 1.807) is 29.2 Å². The van der Waals surface area contributed by atoms with Gasteiger partial charge in [0.15, 0.2) is 0 Å². The number of carbonyl (C=O) groups excluding carboxylic acids is 2. The molecule has 1 saturated heterocycles. The molecule has 0 bridgehead atoms. The van der Waals surface area contributed by atoms with Crippen LogP contribution in [0.1, 0.15) is 63.4 Å². The van der Waals surface area contributed by atoms with Gasteiger partial charge in [0.2, 0.25) is 11.8 Å². The molecule has 1 aromatic heterocycles. The number of nitrogens with one attached hydrogen (secondary N) is 1. The lowest BCUT2D eigenvalue weighted by Gasteiger charge is -2.51. The van der Waals surface area contributed by atoms with E-state index >= 15 is 0 Å². The van der Waals surface area contributed by atoms with Gasteiger partial charge in [-0.1, -0.05) is 58.4 Å². The van der Waals surface area contributed by atoms with Gasteiger partial charge in [0.1, 0.15) is 6.04 Å². The number of aromatic nitrogens is 1. The summed E-state index contributed by atoms with van der Waals surface area (Å²) in [5.74, 6) is -0.175. The van der Waals surface area contributed by atoms with E-state index in [4.69, 9.17) is 16.3 Å². The van der Waals surface area contributed by atoms with E-state index in [1.807, 2.05) is 46.8 Å². The number of rotatable bonds is 8. The van der Waals surface area contributed by atoms with Crippen LogP contribution in [0.3, 0.4) is 0 Å². The van der Waals surface area contributed by atoms with Crippen molar-refractivity contribution in [2.75, 3.05) is 19.7 Å². The van der Waals surface area contributed by atoms with Crippen LogP contribution in [0.5, 0.6) is 5.88 Å². The van der Waals surface area contributed by atoms with Crippen LogP contribution in [-0.2, 0) is 10.4 Å². The molecule has 7 nitrogen and oxygen atoms in total. The summed E-state index contributed by atoms with van der Waals surface area (Å²) in [6.45, 7) is 11.0. The number of halogens is 1. The van der Waals surface area contributed by atoms with Crippen LogP contribution in [0.25, 0.3) is 0 Å². The molecule has 0 saturated carbocycles. The monoisotopic (exact) mass is 501 g/mol. The predicted molar refractivity (Wildman–Crippen MR) is 136 cm³/mol. The lowest BCUT2D eigenvalue weighted by atomic mass is 9.66. The van der Waals surface area contributed by atoms with Gasteiger partial charge in [-0.25, -0.2) is 4.98 Å².